The lowest BCUT2D eigenvalue weighted by Crippen LogP contribution is -2.42. The third-order valence-corrected chi connectivity index (χ3v) is 5.44. The van der Waals surface area contributed by atoms with Crippen LogP contribution in [0.3, 0.4) is 0 Å². The standard InChI is InChI=1S/C19H26N2O2/c22-19(20-11-14-6-7-14)17-10-16-8-9-21(13-18(16)23-17)12-15-4-2-1-3-5-15/h1-5,14,16-18H,6-13H2,(H,20,22)/t16-,17+,18+/m1/s1. The number of hydrogen-bond donors (Lipinski definition) is 1. The molecule has 2 aliphatic heterocycles. The van der Waals surface area contributed by atoms with E-state index in [1.165, 1.54) is 18.4 Å². The van der Waals surface area contributed by atoms with Gasteiger partial charge in [0.2, 0.25) is 5.91 Å². The van der Waals surface area contributed by atoms with Crippen LogP contribution in [0.4, 0.5) is 0 Å². The molecule has 4 rings (SSSR count). The molecule has 1 aliphatic carbocycles. The largest absolute Gasteiger partial charge is 0.364 e. The van der Waals surface area contributed by atoms with E-state index in [0.29, 0.717) is 5.92 Å². The topological polar surface area (TPSA) is 41.6 Å². The number of carbonyl (C=O) groups excluding carboxylic acids is 1. The van der Waals surface area contributed by atoms with Crippen LogP contribution in [0.2, 0.25) is 0 Å². The van der Waals surface area contributed by atoms with Crippen molar-refractivity contribution < 1.29 is 9.53 Å². The van der Waals surface area contributed by atoms with Gasteiger partial charge in [0.05, 0.1) is 6.10 Å². The molecule has 4 heteroatoms. The van der Waals surface area contributed by atoms with Crippen molar-refractivity contribution in [3.05, 3.63) is 35.9 Å². The van der Waals surface area contributed by atoms with Gasteiger partial charge in [0.15, 0.2) is 0 Å². The molecule has 0 aromatic heterocycles. The van der Waals surface area contributed by atoms with E-state index in [9.17, 15) is 4.79 Å². The van der Waals surface area contributed by atoms with E-state index < -0.39 is 0 Å². The Morgan fingerprint density at radius 1 is 1.22 bits per heavy atom. The second-order valence-electron chi connectivity index (χ2n) is 7.36. The quantitative estimate of drug-likeness (QED) is 0.906. The maximum atomic E-state index is 12.2. The molecule has 0 bridgehead atoms. The minimum Gasteiger partial charge on any atom is -0.364 e. The van der Waals surface area contributed by atoms with Gasteiger partial charge >= 0.3 is 0 Å². The highest BCUT2D eigenvalue weighted by molar-refractivity contribution is 5.81. The molecule has 0 unspecified atom stereocenters. The van der Waals surface area contributed by atoms with Crippen LogP contribution in [0, 0.1) is 11.8 Å². The van der Waals surface area contributed by atoms with Gasteiger partial charge in [0.25, 0.3) is 0 Å². The predicted octanol–water partition coefficient (Wildman–Crippen LogP) is 2.19. The van der Waals surface area contributed by atoms with Crippen LogP contribution >= 0.6 is 0 Å². The Bertz CT molecular complexity index is 544. The Labute approximate surface area is 138 Å². The van der Waals surface area contributed by atoms with Gasteiger partial charge in [-0.1, -0.05) is 30.3 Å². The Kier molecular flexibility index (Phi) is 4.36. The molecule has 124 valence electrons. The molecule has 1 N–H and O–H groups in total. The molecule has 0 radical (unpaired) electrons. The summed E-state index contributed by atoms with van der Waals surface area (Å²) >= 11 is 0. The van der Waals surface area contributed by atoms with Crippen molar-refractivity contribution in [2.45, 2.75) is 44.4 Å². The van der Waals surface area contributed by atoms with Crippen molar-refractivity contribution in [2.75, 3.05) is 19.6 Å². The molecular weight excluding hydrogens is 288 g/mol. The Morgan fingerprint density at radius 3 is 2.83 bits per heavy atom. The summed E-state index contributed by atoms with van der Waals surface area (Å²) in [5, 5.41) is 3.07. The Morgan fingerprint density at radius 2 is 2.04 bits per heavy atom. The molecule has 1 amide bonds. The lowest BCUT2D eigenvalue weighted by atomic mass is 9.91. The molecule has 3 atom stereocenters. The first-order valence-electron chi connectivity index (χ1n) is 8.97. The van der Waals surface area contributed by atoms with Crippen LogP contribution in [-0.2, 0) is 16.1 Å². The van der Waals surface area contributed by atoms with Crippen molar-refractivity contribution in [3.63, 3.8) is 0 Å². The van der Waals surface area contributed by atoms with Gasteiger partial charge in [-0.05, 0) is 49.6 Å². The van der Waals surface area contributed by atoms with Crippen LogP contribution in [-0.4, -0.2) is 42.6 Å². The van der Waals surface area contributed by atoms with E-state index in [1.54, 1.807) is 0 Å². The van der Waals surface area contributed by atoms with Gasteiger partial charge < -0.3 is 10.1 Å². The molecule has 2 saturated heterocycles. The van der Waals surface area contributed by atoms with E-state index in [2.05, 4.69) is 40.5 Å². The molecule has 1 aromatic carbocycles. The third kappa shape index (κ3) is 3.75. The highest BCUT2D eigenvalue weighted by Gasteiger charge is 2.41. The highest BCUT2D eigenvalue weighted by Crippen LogP contribution is 2.34. The molecular formula is C19H26N2O2. The Hall–Kier alpha value is -1.39. The number of carbonyl (C=O) groups is 1. The number of fused-ring (bicyclic) bond motifs is 1. The van der Waals surface area contributed by atoms with E-state index in [1.807, 2.05) is 0 Å². The van der Waals surface area contributed by atoms with Crippen LogP contribution in [0.25, 0.3) is 0 Å². The predicted molar refractivity (Wildman–Crippen MR) is 88.8 cm³/mol. The van der Waals surface area contributed by atoms with Crippen LogP contribution in [0.15, 0.2) is 30.3 Å². The number of likely N-dealkylation sites (tertiary alicyclic amines) is 1. The fraction of sp³-hybridized carbons (Fsp3) is 0.632. The minimum absolute atomic E-state index is 0.112. The SMILES string of the molecule is O=C(NCC1CC1)[C@@H]1C[C@H]2CCN(Cc3ccccc3)C[C@@H]2O1. The average Bonchev–Trinajstić information content (AvgIpc) is 3.31. The summed E-state index contributed by atoms with van der Waals surface area (Å²) in [4.78, 5) is 14.7. The number of amides is 1. The normalized spacial score (nSPS) is 30.9. The number of benzene rings is 1. The number of piperidine rings is 1. The van der Waals surface area contributed by atoms with E-state index in [4.69, 9.17) is 4.74 Å². The second kappa shape index (κ2) is 6.62. The maximum absolute atomic E-state index is 12.2. The van der Waals surface area contributed by atoms with Crippen molar-refractivity contribution in [1.82, 2.24) is 10.2 Å². The zero-order valence-electron chi connectivity index (χ0n) is 13.6. The van der Waals surface area contributed by atoms with Gasteiger partial charge in [-0.2, -0.15) is 0 Å². The molecule has 0 spiro atoms. The monoisotopic (exact) mass is 314 g/mol. The van der Waals surface area contributed by atoms with Gasteiger partial charge in [0.1, 0.15) is 6.10 Å². The van der Waals surface area contributed by atoms with Crippen molar-refractivity contribution >= 4 is 5.91 Å². The average molecular weight is 314 g/mol. The van der Waals surface area contributed by atoms with E-state index in [0.717, 1.165) is 44.9 Å². The van der Waals surface area contributed by atoms with Crippen molar-refractivity contribution in [3.8, 4) is 0 Å². The van der Waals surface area contributed by atoms with Crippen LogP contribution in [0.5, 0.6) is 0 Å². The summed E-state index contributed by atoms with van der Waals surface area (Å²) in [7, 11) is 0. The molecule has 23 heavy (non-hydrogen) atoms. The van der Waals surface area contributed by atoms with Crippen molar-refractivity contribution in [1.29, 1.82) is 0 Å². The molecule has 3 fully saturated rings. The summed E-state index contributed by atoms with van der Waals surface area (Å²) in [5.74, 6) is 1.39. The summed E-state index contributed by atoms with van der Waals surface area (Å²) in [6.45, 7) is 3.88. The lowest BCUT2D eigenvalue weighted by molar-refractivity contribution is -0.132. The second-order valence-corrected chi connectivity index (χ2v) is 7.36. The molecule has 3 aliphatic rings. The summed E-state index contributed by atoms with van der Waals surface area (Å²) in [6, 6.07) is 10.6. The number of nitrogens with one attached hydrogen (secondary N) is 1. The Balaban J connectivity index is 1.28. The summed E-state index contributed by atoms with van der Waals surface area (Å²) < 4.78 is 6.09. The zero-order valence-corrected chi connectivity index (χ0v) is 13.6. The van der Waals surface area contributed by atoms with E-state index >= 15 is 0 Å². The number of nitrogens with zero attached hydrogens (tertiary/aromatic N) is 1. The fourth-order valence-electron chi connectivity index (χ4n) is 3.83. The fourth-order valence-corrected chi connectivity index (χ4v) is 3.83. The summed E-state index contributed by atoms with van der Waals surface area (Å²) in [5.41, 5.74) is 1.35. The molecule has 1 saturated carbocycles. The smallest absolute Gasteiger partial charge is 0.249 e. The van der Waals surface area contributed by atoms with Gasteiger partial charge in [-0.25, -0.2) is 0 Å². The van der Waals surface area contributed by atoms with Gasteiger partial charge in [0, 0.05) is 19.6 Å². The molecule has 4 nitrogen and oxygen atoms in total. The van der Waals surface area contributed by atoms with Crippen molar-refractivity contribution in [2.24, 2.45) is 11.8 Å². The first-order valence-corrected chi connectivity index (χ1v) is 8.97. The number of ether oxygens (including phenoxy) is 1. The third-order valence-electron chi connectivity index (χ3n) is 5.44. The number of hydrogen-bond acceptors (Lipinski definition) is 3. The first kappa shape index (κ1) is 15.2. The lowest BCUT2D eigenvalue weighted by Gasteiger charge is -2.34. The van der Waals surface area contributed by atoms with E-state index in [-0.39, 0.29) is 18.1 Å². The van der Waals surface area contributed by atoms with Gasteiger partial charge in [-0.15, -0.1) is 0 Å². The number of rotatable bonds is 5. The summed E-state index contributed by atoms with van der Waals surface area (Å²) in [6.07, 6.45) is 4.59. The first-order chi connectivity index (χ1) is 11.3. The molecule has 2 heterocycles. The van der Waals surface area contributed by atoms with Crippen LogP contribution < -0.4 is 5.32 Å². The maximum Gasteiger partial charge on any atom is 0.249 e. The zero-order chi connectivity index (χ0) is 15.6. The highest BCUT2D eigenvalue weighted by atomic mass is 16.5. The van der Waals surface area contributed by atoms with Gasteiger partial charge in [-0.3, -0.25) is 9.69 Å². The minimum atomic E-state index is -0.222. The van der Waals surface area contributed by atoms with Crippen LogP contribution in [0.1, 0.15) is 31.2 Å². The molecule has 1 aromatic rings.